The molecule has 2 unspecified atom stereocenters. The van der Waals surface area contributed by atoms with Crippen molar-refractivity contribution in [2.75, 3.05) is 0 Å². The number of rotatable bonds is 7. The monoisotopic (exact) mass is 408 g/mol. The van der Waals surface area contributed by atoms with Gasteiger partial charge in [-0.05, 0) is 101 Å². The Balaban J connectivity index is 1.81. The highest BCUT2D eigenvalue weighted by Crippen LogP contribution is 2.52. The minimum Gasteiger partial charge on any atom is -0.125 e. The van der Waals surface area contributed by atoms with E-state index in [1.807, 2.05) is 0 Å². The smallest absolute Gasteiger partial charge is 0.0102 e. The van der Waals surface area contributed by atoms with Crippen LogP contribution in [0.1, 0.15) is 87.1 Å². The van der Waals surface area contributed by atoms with Crippen LogP contribution in [0.15, 0.2) is 61.4 Å². The van der Waals surface area contributed by atoms with Gasteiger partial charge in [0.1, 0.15) is 0 Å². The molecule has 0 heteroatoms. The van der Waals surface area contributed by atoms with Crippen molar-refractivity contribution in [1.29, 1.82) is 0 Å². The maximum absolute atomic E-state index is 4.37. The fourth-order valence-corrected chi connectivity index (χ4v) is 5.30. The molecule has 31 heavy (non-hydrogen) atoms. The van der Waals surface area contributed by atoms with Crippen LogP contribution in [0.3, 0.4) is 0 Å². The van der Waals surface area contributed by atoms with Gasteiger partial charge in [-0.2, -0.15) is 0 Å². The quantitative estimate of drug-likeness (QED) is 0.317. The Kier molecular flexibility index (Phi) is 6.22. The van der Waals surface area contributed by atoms with Crippen molar-refractivity contribution in [2.45, 2.75) is 65.7 Å². The van der Waals surface area contributed by atoms with Crippen LogP contribution >= 0.6 is 0 Å². The predicted octanol–water partition coefficient (Wildman–Crippen LogP) is 8.97. The molecule has 0 spiro atoms. The molecule has 0 bridgehead atoms. The number of hydrogen-bond acceptors (Lipinski definition) is 0. The molecule has 2 aliphatic rings. The molecular formula is C31H36. The molecule has 0 saturated heterocycles. The first-order valence-electron chi connectivity index (χ1n) is 11.9. The number of fused-ring (bicyclic) bond motifs is 5. The van der Waals surface area contributed by atoms with Gasteiger partial charge in [0.15, 0.2) is 0 Å². The summed E-state index contributed by atoms with van der Waals surface area (Å²) in [5.74, 6) is 1.99. The third-order valence-electron chi connectivity index (χ3n) is 7.64. The van der Waals surface area contributed by atoms with Crippen molar-refractivity contribution < 1.29 is 0 Å². The van der Waals surface area contributed by atoms with Gasteiger partial charge in [-0.1, -0.05) is 70.3 Å². The lowest BCUT2D eigenvalue weighted by Gasteiger charge is -2.20. The zero-order chi connectivity index (χ0) is 22.1. The highest BCUT2D eigenvalue weighted by atomic mass is 14.4. The molecule has 0 amide bonds. The Morgan fingerprint density at radius 2 is 1.87 bits per heavy atom. The summed E-state index contributed by atoms with van der Waals surface area (Å²) in [4.78, 5) is 0. The van der Waals surface area contributed by atoms with Gasteiger partial charge in [-0.25, -0.2) is 0 Å². The summed E-state index contributed by atoms with van der Waals surface area (Å²) in [6.45, 7) is 17.5. The first-order valence-corrected chi connectivity index (χ1v) is 11.9. The average Bonchev–Trinajstić information content (AvgIpc) is 3.33. The second-order valence-corrected chi connectivity index (χ2v) is 9.74. The molecule has 2 atom stereocenters. The summed E-state index contributed by atoms with van der Waals surface area (Å²) >= 11 is 0. The van der Waals surface area contributed by atoms with Crippen molar-refractivity contribution in [1.82, 2.24) is 0 Å². The zero-order valence-corrected chi connectivity index (χ0v) is 19.7. The third kappa shape index (κ3) is 3.90. The third-order valence-corrected chi connectivity index (χ3v) is 7.64. The number of allylic oxidation sites excluding steroid dienone is 4. The lowest BCUT2D eigenvalue weighted by Crippen LogP contribution is -2.07. The van der Waals surface area contributed by atoms with E-state index in [0.29, 0.717) is 5.92 Å². The summed E-state index contributed by atoms with van der Waals surface area (Å²) in [5.41, 5.74) is 15.8. The predicted molar refractivity (Wildman–Crippen MR) is 136 cm³/mol. The summed E-state index contributed by atoms with van der Waals surface area (Å²) in [6, 6.07) is 11.8. The molecule has 0 N–H and O–H groups in total. The van der Waals surface area contributed by atoms with E-state index in [4.69, 9.17) is 0 Å². The van der Waals surface area contributed by atoms with Crippen LogP contribution in [-0.4, -0.2) is 0 Å². The van der Waals surface area contributed by atoms with Crippen molar-refractivity contribution >= 4 is 11.1 Å². The molecule has 2 aromatic rings. The standard InChI is InChI=1S/C31H36/c1-7-9-10-22(6)24-13-15-27-26(14-11-21(5)20(3)4)29-18-17-25-23(8-2)12-16-28(25)31(29)30(27)19-24/h7,9,13,15,17-21,26H,2,6,10-12,14,16H2,1,3-5H3/b9-7-. The van der Waals surface area contributed by atoms with E-state index in [1.54, 1.807) is 0 Å². The summed E-state index contributed by atoms with van der Waals surface area (Å²) in [5, 5.41) is 0. The topological polar surface area (TPSA) is 0 Å². The molecule has 2 aromatic carbocycles. The van der Waals surface area contributed by atoms with Crippen LogP contribution in [0.5, 0.6) is 0 Å². The first kappa shape index (κ1) is 21.7. The SMILES string of the molecule is C=C=C1CCc2c1ccc1c2-c2cc(C(=C)C/C=C\C)ccc2C1CCC(C)C(C)C. The molecule has 0 aliphatic heterocycles. The van der Waals surface area contributed by atoms with E-state index in [9.17, 15) is 0 Å². The van der Waals surface area contributed by atoms with E-state index in [1.165, 1.54) is 62.9 Å². The molecule has 0 radical (unpaired) electrons. The highest BCUT2D eigenvalue weighted by molar-refractivity contribution is 5.89. The van der Waals surface area contributed by atoms with E-state index in [2.05, 4.69) is 89.1 Å². The van der Waals surface area contributed by atoms with Crippen molar-refractivity contribution in [2.24, 2.45) is 11.8 Å². The molecule has 0 aromatic heterocycles. The van der Waals surface area contributed by atoms with Crippen LogP contribution in [-0.2, 0) is 6.42 Å². The largest absolute Gasteiger partial charge is 0.125 e. The maximum atomic E-state index is 4.37. The van der Waals surface area contributed by atoms with Gasteiger partial charge in [0, 0.05) is 11.5 Å². The van der Waals surface area contributed by atoms with Gasteiger partial charge in [-0.3, -0.25) is 0 Å². The minimum atomic E-state index is 0.506. The van der Waals surface area contributed by atoms with E-state index in [0.717, 1.165) is 31.1 Å². The lowest BCUT2D eigenvalue weighted by atomic mass is 9.85. The van der Waals surface area contributed by atoms with Gasteiger partial charge in [0.2, 0.25) is 0 Å². The fourth-order valence-electron chi connectivity index (χ4n) is 5.30. The Hall–Kier alpha value is -2.56. The van der Waals surface area contributed by atoms with Gasteiger partial charge in [-0.15, -0.1) is 5.73 Å². The molecule has 0 fully saturated rings. The maximum Gasteiger partial charge on any atom is 0.0102 e. The average molecular weight is 409 g/mol. The second-order valence-electron chi connectivity index (χ2n) is 9.74. The molecule has 0 saturated carbocycles. The van der Waals surface area contributed by atoms with Crippen LogP contribution < -0.4 is 0 Å². The van der Waals surface area contributed by atoms with Crippen LogP contribution in [0, 0.1) is 11.8 Å². The van der Waals surface area contributed by atoms with Gasteiger partial charge >= 0.3 is 0 Å². The molecule has 0 heterocycles. The Morgan fingerprint density at radius 3 is 2.58 bits per heavy atom. The number of hydrogen-bond donors (Lipinski definition) is 0. The van der Waals surface area contributed by atoms with Gasteiger partial charge in [0.05, 0.1) is 0 Å². The van der Waals surface area contributed by atoms with E-state index in [-0.39, 0.29) is 0 Å². The first-order chi connectivity index (χ1) is 15.0. The van der Waals surface area contributed by atoms with Crippen molar-refractivity contribution in [3.8, 4) is 11.1 Å². The van der Waals surface area contributed by atoms with Crippen LogP contribution in [0.2, 0.25) is 0 Å². The Bertz CT molecular complexity index is 1090. The zero-order valence-electron chi connectivity index (χ0n) is 19.7. The van der Waals surface area contributed by atoms with Gasteiger partial charge < -0.3 is 0 Å². The molecule has 4 rings (SSSR count). The Morgan fingerprint density at radius 1 is 1.10 bits per heavy atom. The molecular weight excluding hydrogens is 372 g/mol. The van der Waals surface area contributed by atoms with Crippen LogP contribution in [0.4, 0.5) is 0 Å². The highest BCUT2D eigenvalue weighted by Gasteiger charge is 2.33. The fraction of sp³-hybridized carbons (Fsp3) is 0.387. The van der Waals surface area contributed by atoms with Gasteiger partial charge in [0.25, 0.3) is 0 Å². The summed E-state index contributed by atoms with van der Waals surface area (Å²) < 4.78 is 0. The summed E-state index contributed by atoms with van der Waals surface area (Å²) in [6.07, 6.45) is 9.87. The molecule has 0 nitrogen and oxygen atoms in total. The second kappa shape index (κ2) is 8.89. The Labute approximate surface area is 189 Å². The minimum absolute atomic E-state index is 0.506. The molecule has 2 aliphatic carbocycles. The van der Waals surface area contributed by atoms with Crippen molar-refractivity contribution in [3.63, 3.8) is 0 Å². The molecule has 160 valence electrons. The van der Waals surface area contributed by atoms with Crippen molar-refractivity contribution in [3.05, 3.63) is 89.2 Å². The van der Waals surface area contributed by atoms with E-state index < -0.39 is 0 Å². The normalized spacial score (nSPS) is 17.6. The van der Waals surface area contributed by atoms with E-state index >= 15 is 0 Å². The van der Waals surface area contributed by atoms with Crippen LogP contribution in [0.25, 0.3) is 22.3 Å². The lowest BCUT2D eigenvalue weighted by molar-refractivity contribution is 0.376. The number of benzene rings is 2. The summed E-state index contributed by atoms with van der Waals surface area (Å²) in [7, 11) is 0.